The molecule has 1 unspecified atom stereocenters. The van der Waals surface area contributed by atoms with Gasteiger partial charge in [0, 0.05) is 24.4 Å². The van der Waals surface area contributed by atoms with E-state index >= 15 is 0 Å². The minimum Gasteiger partial charge on any atom is -0.465 e. The predicted octanol–water partition coefficient (Wildman–Crippen LogP) is 4.67. The van der Waals surface area contributed by atoms with Crippen molar-refractivity contribution in [3.63, 3.8) is 0 Å². The second-order valence-electron chi connectivity index (χ2n) is 9.74. The van der Waals surface area contributed by atoms with Crippen LogP contribution in [0.3, 0.4) is 0 Å². The van der Waals surface area contributed by atoms with Crippen molar-refractivity contribution in [2.45, 2.75) is 62.8 Å². The number of pyridine rings is 1. The second-order valence-corrected chi connectivity index (χ2v) is 9.74. The number of amides is 2. The number of piperidine rings is 1. The number of aromatic nitrogens is 1. The maximum atomic E-state index is 14.8. The molecule has 2 aromatic rings. The van der Waals surface area contributed by atoms with E-state index in [0.29, 0.717) is 0 Å². The molecule has 1 aromatic heterocycles. The van der Waals surface area contributed by atoms with E-state index in [9.17, 15) is 40.7 Å². The standard InChI is InChI=1S/C25H26F6N4O4/c1-12(13-3-2-4-14(20(13)27)21(28)29)32-22(37)15-10-35(25(6-7-25)23(30)31)19(36)9-18(15)33-17-5-8-34(24(38)39)11-16(17)26/h2-4,9-10,12,16-17,21,23,33H,5-8,11H2,1H3,(H,32,37)(H,38,39)/t12?,16-,17+/m0/s1. The molecule has 1 aliphatic heterocycles. The molecule has 0 spiro atoms. The number of likely N-dealkylation sites (tertiary alicyclic amines) is 1. The first-order valence-electron chi connectivity index (χ1n) is 12.2. The lowest BCUT2D eigenvalue weighted by molar-refractivity contribution is 0.0648. The number of hydrogen-bond acceptors (Lipinski definition) is 4. The van der Waals surface area contributed by atoms with Crippen LogP contribution in [0.1, 0.15) is 60.1 Å². The maximum Gasteiger partial charge on any atom is 0.407 e. The molecule has 1 aromatic carbocycles. The van der Waals surface area contributed by atoms with Gasteiger partial charge in [-0.2, -0.15) is 0 Å². The summed E-state index contributed by atoms with van der Waals surface area (Å²) < 4.78 is 84.1. The molecule has 0 radical (unpaired) electrons. The second kappa shape index (κ2) is 10.8. The fourth-order valence-electron chi connectivity index (χ4n) is 4.74. The average molecular weight is 560 g/mol. The Morgan fingerprint density at radius 2 is 1.82 bits per heavy atom. The van der Waals surface area contributed by atoms with Gasteiger partial charge in [0.2, 0.25) is 0 Å². The number of carboxylic acid groups (broad SMARTS) is 1. The number of alkyl halides is 5. The number of nitrogens with one attached hydrogen (secondary N) is 2. The molecule has 3 N–H and O–H groups in total. The third-order valence-electron chi connectivity index (χ3n) is 7.21. The normalized spacial score (nSPS) is 21.1. The molecule has 0 bridgehead atoms. The van der Waals surface area contributed by atoms with Gasteiger partial charge in [0.05, 0.1) is 35.4 Å². The Kier molecular flexibility index (Phi) is 7.84. The number of hydrogen-bond donors (Lipinski definition) is 3. The lowest BCUT2D eigenvalue weighted by Gasteiger charge is -2.34. The SMILES string of the molecule is CC(NC(=O)c1cn(C2(C(F)F)CC2)c(=O)cc1N[C@@H]1CCN(C(=O)O)C[C@@H]1F)c1cccc(C(F)F)c1F. The minimum atomic E-state index is -3.10. The van der Waals surface area contributed by atoms with Crippen LogP contribution in [0.5, 0.6) is 0 Å². The predicted molar refractivity (Wildman–Crippen MR) is 128 cm³/mol. The van der Waals surface area contributed by atoms with E-state index in [1.807, 2.05) is 0 Å². The summed E-state index contributed by atoms with van der Waals surface area (Å²) >= 11 is 0. The Labute approximate surface area is 218 Å². The zero-order valence-corrected chi connectivity index (χ0v) is 20.6. The van der Waals surface area contributed by atoms with Crippen molar-refractivity contribution >= 4 is 17.7 Å². The molecule has 14 heteroatoms. The van der Waals surface area contributed by atoms with Gasteiger partial charge in [-0.3, -0.25) is 9.59 Å². The first kappa shape index (κ1) is 28.3. The molecule has 2 amide bonds. The van der Waals surface area contributed by atoms with E-state index in [1.165, 1.54) is 19.1 Å². The monoisotopic (exact) mass is 560 g/mol. The largest absolute Gasteiger partial charge is 0.465 e. The summed E-state index contributed by atoms with van der Waals surface area (Å²) in [6, 6.07) is 2.02. The van der Waals surface area contributed by atoms with Crippen LogP contribution in [0.25, 0.3) is 0 Å². The molecule has 3 atom stereocenters. The van der Waals surface area contributed by atoms with Gasteiger partial charge in [0.25, 0.3) is 24.3 Å². The molecule has 4 rings (SSSR count). The zero-order valence-electron chi connectivity index (χ0n) is 20.6. The average Bonchev–Trinajstić information content (AvgIpc) is 3.67. The van der Waals surface area contributed by atoms with Crippen LogP contribution in [0.15, 0.2) is 35.3 Å². The Balaban J connectivity index is 1.67. The molecule has 1 saturated carbocycles. The molecule has 8 nitrogen and oxygen atoms in total. The van der Waals surface area contributed by atoms with Gasteiger partial charge in [0.15, 0.2) is 0 Å². The number of halogens is 6. The van der Waals surface area contributed by atoms with Crippen molar-refractivity contribution in [2.75, 3.05) is 18.4 Å². The van der Waals surface area contributed by atoms with Gasteiger partial charge in [-0.15, -0.1) is 0 Å². The summed E-state index contributed by atoms with van der Waals surface area (Å²) in [5.41, 5.74) is -4.30. The molecular weight excluding hydrogens is 534 g/mol. The maximum absolute atomic E-state index is 14.8. The first-order chi connectivity index (χ1) is 18.4. The van der Waals surface area contributed by atoms with Gasteiger partial charge in [-0.05, 0) is 26.2 Å². The Morgan fingerprint density at radius 1 is 1.15 bits per heavy atom. The quantitative estimate of drug-likeness (QED) is 0.407. The third-order valence-corrected chi connectivity index (χ3v) is 7.21. The third kappa shape index (κ3) is 5.55. The van der Waals surface area contributed by atoms with Crippen LogP contribution in [0.2, 0.25) is 0 Å². The molecule has 212 valence electrons. The van der Waals surface area contributed by atoms with E-state index in [0.717, 1.165) is 27.8 Å². The van der Waals surface area contributed by atoms with Crippen molar-refractivity contribution in [1.82, 2.24) is 14.8 Å². The lowest BCUT2D eigenvalue weighted by Crippen LogP contribution is -2.50. The van der Waals surface area contributed by atoms with Crippen molar-refractivity contribution < 1.29 is 41.0 Å². The van der Waals surface area contributed by atoms with Crippen LogP contribution < -0.4 is 16.2 Å². The zero-order chi connectivity index (χ0) is 28.6. The molecule has 1 saturated heterocycles. The van der Waals surface area contributed by atoms with Crippen molar-refractivity contribution in [3.8, 4) is 0 Å². The summed E-state index contributed by atoms with van der Waals surface area (Å²) in [4.78, 5) is 38.2. The van der Waals surface area contributed by atoms with Crippen molar-refractivity contribution in [2.24, 2.45) is 0 Å². The number of carbonyl (C=O) groups is 2. The van der Waals surface area contributed by atoms with E-state index in [-0.39, 0.29) is 42.6 Å². The Hall–Kier alpha value is -3.71. The summed E-state index contributed by atoms with van der Waals surface area (Å²) in [6.07, 6.45) is -8.14. The molecule has 2 heterocycles. The Morgan fingerprint density at radius 3 is 2.38 bits per heavy atom. The fourth-order valence-corrected chi connectivity index (χ4v) is 4.74. The summed E-state index contributed by atoms with van der Waals surface area (Å²) in [5, 5.41) is 14.3. The molecular formula is C25H26F6N4O4. The van der Waals surface area contributed by atoms with Crippen LogP contribution in [0, 0.1) is 5.82 Å². The van der Waals surface area contributed by atoms with Gasteiger partial charge in [-0.25, -0.2) is 31.1 Å². The number of benzene rings is 1. The summed E-state index contributed by atoms with van der Waals surface area (Å²) in [6.45, 7) is 0.837. The topological polar surface area (TPSA) is 104 Å². The summed E-state index contributed by atoms with van der Waals surface area (Å²) in [7, 11) is 0. The molecule has 39 heavy (non-hydrogen) atoms. The lowest BCUT2D eigenvalue weighted by atomic mass is 10.0. The highest BCUT2D eigenvalue weighted by Crippen LogP contribution is 2.48. The minimum absolute atomic E-state index is 0.0132. The smallest absolute Gasteiger partial charge is 0.407 e. The van der Waals surface area contributed by atoms with Gasteiger partial charge in [0.1, 0.15) is 17.5 Å². The number of nitrogens with zero attached hydrogens (tertiary/aromatic N) is 2. The number of rotatable bonds is 8. The van der Waals surface area contributed by atoms with Crippen molar-refractivity contribution in [1.29, 1.82) is 0 Å². The molecule has 1 aliphatic carbocycles. The van der Waals surface area contributed by atoms with Crippen LogP contribution in [-0.2, 0) is 5.54 Å². The van der Waals surface area contributed by atoms with Crippen LogP contribution in [-0.4, -0.2) is 58.3 Å². The Bertz CT molecular complexity index is 1320. The van der Waals surface area contributed by atoms with Crippen LogP contribution in [0.4, 0.5) is 36.8 Å². The number of carbonyl (C=O) groups excluding carboxylic acids is 1. The van der Waals surface area contributed by atoms with E-state index in [4.69, 9.17) is 5.11 Å². The van der Waals surface area contributed by atoms with Gasteiger partial charge < -0.3 is 25.2 Å². The fraction of sp³-hybridized carbons (Fsp3) is 0.480. The van der Waals surface area contributed by atoms with E-state index < -0.39 is 72.1 Å². The van der Waals surface area contributed by atoms with E-state index in [1.54, 1.807) is 0 Å². The van der Waals surface area contributed by atoms with Crippen molar-refractivity contribution in [3.05, 3.63) is 63.3 Å². The van der Waals surface area contributed by atoms with Crippen LogP contribution >= 0.6 is 0 Å². The highest BCUT2D eigenvalue weighted by atomic mass is 19.3. The first-order valence-corrected chi connectivity index (χ1v) is 12.2. The summed E-state index contributed by atoms with van der Waals surface area (Å²) in [5.74, 6) is -2.17. The number of anilines is 1. The highest BCUT2D eigenvalue weighted by molar-refractivity contribution is 5.99. The van der Waals surface area contributed by atoms with Gasteiger partial charge >= 0.3 is 6.09 Å². The van der Waals surface area contributed by atoms with Gasteiger partial charge in [-0.1, -0.05) is 18.2 Å². The van der Waals surface area contributed by atoms with E-state index in [2.05, 4.69) is 10.6 Å². The highest BCUT2D eigenvalue weighted by Gasteiger charge is 2.53. The molecule has 2 aliphatic rings. The molecule has 2 fully saturated rings.